The minimum atomic E-state index is -0.0119. The van der Waals surface area contributed by atoms with Gasteiger partial charge in [0.25, 0.3) is 0 Å². The Kier molecular flexibility index (Phi) is 4.48. The lowest BCUT2D eigenvalue weighted by atomic mass is 10.0. The third kappa shape index (κ3) is 3.17. The van der Waals surface area contributed by atoms with Gasteiger partial charge in [0.05, 0.1) is 6.04 Å². The lowest BCUT2D eigenvalue weighted by Crippen LogP contribution is -2.47. The van der Waals surface area contributed by atoms with E-state index in [1.807, 2.05) is 29.9 Å². The lowest BCUT2D eigenvalue weighted by Gasteiger charge is -2.31. The van der Waals surface area contributed by atoms with Crippen molar-refractivity contribution >= 4 is 5.91 Å². The van der Waals surface area contributed by atoms with Crippen molar-refractivity contribution in [2.45, 2.75) is 31.8 Å². The summed E-state index contributed by atoms with van der Waals surface area (Å²) in [5.41, 5.74) is 0.979. The summed E-state index contributed by atoms with van der Waals surface area (Å²) >= 11 is 0. The molecule has 1 aliphatic heterocycles. The number of hydrogen-bond acceptors (Lipinski definition) is 4. The maximum atomic E-state index is 12.4. The highest BCUT2D eigenvalue weighted by molar-refractivity contribution is 5.81. The number of carbonyl (C=O) groups is 1. The van der Waals surface area contributed by atoms with E-state index < -0.39 is 0 Å². The van der Waals surface area contributed by atoms with Crippen molar-refractivity contribution in [2.75, 3.05) is 13.6 Å². The van der Waals surface area contributed by atoms with Gasteiger partial charge in [-0.3, -0.25) is 14.3 Å². The fourth-order valence-electron chi connectivity index (χ4n) is 2.89. The third-order valence-electron chi connectivity index (χ3n) is 4.14. The van der Waals surface area contributed by atoms with E-state index >= 15 is 0 Å². The summed E-state index contributed by atoms with van der Waals surface area (Å²) < 4.78 is 1.86. The molecule has 1 fully saturated rings. The quantitative estimate of drug-likeness (QED) is 0.926. The molecule has 22 heavy (non-hydrogen) atoms. The van der Waals surface area contributed by atoms with Crippen molar-refractivity contribution < 1.29 is 4.79 Å². The number of likely N-dealkylation sites (tertiary alicyclic amines) is 1. The summed E-state index contributed by atoms with van der Waals surface area (Å²) in [6, 6.07) is 3.85. The van der Waals surface area contributed by atoms with Crippen LogP contribution in [0.3, 0.4) is 0 Å². The molecule has 0 unspecified atom stereocenters. The highest BCUT2D eigenvalue weighted by atomic mass is 16.2. The van der Waals surface area contributed by atoms with Gasteiger partial charge in [-0.15, -0.1) is 0 Å². The van der Waals surface area contributed by atoms with Crippen LogP contribution in [0.1, 0.15) is 24.8 Å². The third-order valence-corrected chi connectivity index (χ3v) is 4.14. The van der Waals surface area contributed by atoms with Gasteiger partial charge in [0.1, 0.15) is 12.1 Å². The zero-order valence-electron chi connectivity index (χ0n) is 12.8. The topological polar surface area (TPSA) is 63.1 Å². The van der Waals surface area contributed by atoms with Gasteiger partial charge in [-0.05, 0) is 32.5 Å². The van der Waals surface area contributed by atoms with Gasteiger partial charge in [0.2, 0.25) is 5.91 Å². The molecule has 0 radical (unpaired) electrons. The number of likely N-dealkylation sites (N-methyl/N-ethyl adjacent to an activating group) is 1. The molecule has 0 saturated carbocycles. The van der Waals surface area contributed by atoms with Crippen LogP contribution >= 0.6 is 0 Å². The first-order chi connectivity index (χ1) is 10.8. The standard InChI is InChI=1S/C16H21N5O/c1-20-9-3-2-6-14(20)16(22)19-11-13-5-4-7-18-15(13)21-10-8-17-12-21/h4-5,7-8,10,12,14H,2-3,6,9,11H2,1H3,(H,19,22)/t14-/m0/s1. The van der Waals surface area contributed by atoms with E-state index in [-0.39, 0.29) is 11.9 Å². The zero-order chi connectivity index (χ0) is 15.4. The number of rotatable bonds is 4. The molecular weight excluding hydrogens is 278 g/mol. The summed E-state index contributed by atoms with van der Waals surface area (Å²) in [7, 11) is 2.02. The molecule has 2 aromatic heterocycles. The molecule has 0 aliphatic carbocycles. The van der Waals surface area contributed by atoms with Crippen LogP contribution in [0.25, 0.3) is 5.82 Å². The van der Waals surface area contributed by atoms with E-state index in [0.717, 1.165) is 30.8 Å². The second-order valence-electron chi connectivity index (χ2n) is 5.67. The number of imidazole rings is 1. The number of nitrogens with zero attached hydrogens (tertiary/aromatic N) is 4. The molecule has 1 N–H and O–H groups in total. The molecule has 2 aromatic rings. The van der Waals surface area contributed by atoms with Crippen molar-refractivity contribution in [3.63, 3.8) is 0 Å². The monoisotopic (exact) mass is 299 g/mol. The Labute approximate surface area is 130 Å². The molecule has 1 aliphatic rings. The minimum absolute atomic E-state index is 0.0119. The molecule has 116 valence electrons. The maximum Gasteiger partial charge on any atom is 0.237 e. The summed E-state index contributed by atoms with van der Waals surface area (Å²) in [5.74, 6) is 0.903. The van der Waals surface area contributed by atoms with E-state index in [9.17, 15) is 4.79 Å². The SMILES string of the molecule is CN1CCCC[C@H]1C(=O)NCc1cccnc1-n1ccnc1. The molecule has 0 aromatic carbocycles. The molecule has 3 heterocycles. The molecule has 0 bridgehead atoms. The molecule has 3 rings (SSSR count). The molecular formula is C16H21N5O. The van der Waals surface area contributed by atoms with Crippen molar-refractivity contribution in [3.05, 3.63) is 42.6 Å². The summed E-state index contributed by atoms with van der Waals surface area (Å²) in [6.45, 7) is 1.47. The van der Waals surface area contributed by atoms with Crippen LogP contribution in [-0.4, -0.2) is 45.0 Å². The number of piperidine rings is 1. The summed E-state index contributed by atoms with van der Waals surface area (Å²) in [6.07, 6.45) is 10.3. The Morgan fingerprint density at radius 1 is 1.41 bits per heavy atom. The molecule has 6 nitrogen and oxygen atoms in total. The number of carbonyl (C=O) groups excluding carboxylic acids is 1. The maximum absolute atomic E-state index is 12.4. The molecule has 0 spiro atoms. The van der Waals surface area contributed by atoms with Gasteiger partial charge in [-0.1, -0.05) is 12.5 Å². The van der Waals surface area contributed by atoms with Crippen molar-refractivity contribution in [2.24, 2.45) is 0 Å². The van der Waals surface area contributed by atoms with Crippen LogP contribution in [0, 0.1) is 0 Å². The predicted octanol–water partition coefficient (Wildman–Crippen LogP) is 1.37. The van der Waals surface area contributed by atoms with Crippen LogP contribution in [0.5, 0.6) is 0 Å². The predicted molar refractivity (Wildman–Crippen MR) is 83.5 cm³/mol. The minimum Gasteiger partial charge on any atom is -0.351 e. The Bertz CT molecular complexity index is 625. The number of nitrogens with one attached hydrogen (secondary N) is 1. The van der Waals surface area contributed by atoms with Gasteiger partial charge in [0.15, 0.2) is 0 Å². The lowest BCUT2D eigenvalue weighted by molar-refractivity contribution is -0.127. The van der Waals surface area contributed by atoms with E-state index in [0.29, 0.717) is 6.54 Å². The number of aromatic nitrogens is 3. The Morgan fingerprint density at radius 2 is 2.32 bits per heavy atom. The smallest absolute Gasteiger partial charge is 0.237 e. The zero-order valence-corrected chi connectivity index (χ0v) is 12.8. The molecule has 1 amide bonds. The summed E-state index contributed by atoms with van der Waals surface area (Å²) in [4.78, 5) is 23.0. The van der Waals surface area contributed by atoms with Crippen LogP contribution in [0.15, 0.2) is 37.1 Å². The molecule has 6 heteroatoms. The average molecular weight is 299 g/mol. The van der Waals surface area contributed by atoms with E-state index in [2.05, 4.69) is 20.2 Å². The van der Waals surface area contributed by atoms with Gasteiger partial charge in [-0.25, -0.2) is 9.97 Å². The number of hydrogen-bond donors (Lipinski definition) is 1. The van der Waals surface area contributed by atoms with Crippen molar-refractivity contribution in [3.8, 4) is 5.82 Å². The van der Waals surface area contributed by atoms with Crippen LogP contribution in [0.4, 0.5) is 0 Å². The normalized spacial score (nSPS) is 19.0. The Hall–Kier alpha value is -2.21. The van der Waals surface area contributed by atoms with Crippen LogP contribution < -0.4 is 5.32 Å². The second-order valence-corrected chi connectivity index (χ2v) is 5.67. The first kappa shape index (κ1) is 14.7. The van der Waals surface area contributed by atoms with E-state index in [4.69, 9.17) is 0 Å². The van der Waals surface area contributed by atoms with E-state index in [1.165, 1.54) is 6.42 Å². The number of pyridine rings is 1. The second kappa shape index (κ2) is 6.70. The fourth-order valence-corrected chi connectivity index (χ4v) is 2.89. The van der Waals surface area contributed by atoms with Crippen molar-refractivity contribution in [1.29, 1.82) is 0 Å². The van der Waals surface area contributed by atoms with Gasteiger partial charge >= 0.3 is 0 Å². The Morgan fingerprint density at radius 3 is 3.09 bits per heavy atom. The first-order valence-electron chi connectivity index (χ1n) is 7.66. The first-order valence-corrected chi connectivity index (χ1v) is 7.66. The van der Waals surface area contributed by atoms with Crippen LogP contribution in [-0.2, 0) is 11.3 Å². The van der Waals surface area contributed by atoms with Gasteiger partial charge in [-0.2, -0.15) is 0 Å². The Balaban J connectivity index is 1.68. The summed E-state index contributed by atoms with van der Waals surface area (Å²) in [5, 5.41) is 3.05. The van der Waals surface area contributed by atoms with Gasteiger partial charge < -0.3 is 5.32 Å². The highest BCUT2D eigenvalue weighted by Gasteiger charge is 2.25. The number of amides is 1. The molecule has 1 atom stereocenters. The average Bonchev–Trinajstić information content (AvgIpc) is 3.07. The van der Waals surface area contributed by atoms with Gasteiger partial charge in [0, 0.05) is 30.7 Å². The van der Waals surface area contributed by atoms with E-state index in [1.54, 1.807) is 18.7 Å². The highest BCUT2D eigenvalue weighted by Crippen LogP contribution is 2.16. The fraction of sp³-hybridized carbons (Fsp3) is 0.438. The molecule has 1 saturated heterocycles. The largest absolute Gasteiger partial charge is 0.351 e. The van der Waals surface area contributed by atoms with Crippen molar-refractivity contribution in [1.82, 2.24) is 24.8 Å². The van der Waals surface area contributed by atoms with Crippen LogP contribution in [0.2, 0.25) is 0 Å².